The molecule has 0 saturated carbocycles. The first-order valence-corrected chi connectivity index (χ1v) is 20.0. The molecule has 6 nitrogen and oxygen atoms in total. The van der Waals surface area contributed by atoms with Gasteiger partial charge < -0.3 is 0 Å². The lowest BCUT2D eigenvalue weighted by Gasteiger charge is -2.17. The zero-order valence-electron chi connectivity index (χ0n) is 32.3. The first-order chi connectivity index (χ1) is 29.7. The number of benzene rings is 9. The Hall–Kier alpha value is -8.22. The van der Waals surface area contributed by atoms with E-state index in [4.69, 9.17) is 29.9 Å². The van der Waals surface area contributed by atoms with Crippen molar-refractivity contribution in [2.24, 2.45) is 0 Å². The smallest absolute Gasteiger partial charge is 0.164 e. The lowest BCUT2D eigenvalue weighted by atomic mass is 9.87. The molecule has 60 heavy (non-hydrogen) atoms. The van der Waals surface area contributed by atoms with E-state index in [1.54, 1.807) is 0 Å². The van der Waals surface area contributed by atoms with Gasteiger partial charge in [0, 0.05) is 33.4 Å². The van der Waals surface area contributed by atoms with Gasteiger partial charge >= 0.3 is 0 Å². The molecule has 2 heterocycles. The molecule has 0 fully saturated rings. The topological polar surface area (TPSA) is 77.3 Å². The van der Waals surface area contributed by atoms with E-state index in [2.05, 4.69) is 84.9 Å². The lowest BCUT2D eigenvalue weighted by molar-refractivity contribution is 1.07. The van der Waals surface area contributed by atoms with Gasteiger partial charge in [0.1, 0.15) is 0 Å². The maximum atomic E-state index is 5.18. The van der Waals surface area contributed by atoms with Crippen LogP contribution in [0.3, 0.4) is 0 Å². The highest BCUT2D eigenvalue weighted by molar-refractivity contribution is 6.29. The van der Waals surface area contributed by atoms with Crippen molar-refractivity contribution >= 4 is 32.3 Å². The van der Waals surface area contributed by atoms with Crippen molar-refractivity contribution in [1.82, 2.24) is 29.9 Å². The quantitative estimate of drug-likeness (QED) is 0.150. The van der Waals surface area contributed by atoms with E-state index in [0.717, 1.165) is 60.7 Å². The van der Waals surface area contributed by atoms with Gasteiger partial charge in [-0.3, -0.25) is 0 Å². The third-order valence-electron chi connectivity index (χ3n) is 10.9. The molecule has 0 atom stereocenters. The third-order valence-corrected chi connectivity index (χ3v) is 10.9. The minimum Gasteiger partial charge on any atom is -0.208 e. The molecule has 0 aliphatic carbocycles. The minimum atomic E-state index is 0.594. The van der Waals surface area contributed by atoms with Crippen LogP contribution in [-0.2, 0) is 0 Å². The third kappa shape index (κ3) is 6.42. The fourth-order valence-corrected chi connectivity index (χ4v) is 8.09. The average Bonchev–Trinajstić information content (AvgIpc) is 3.34. The maximum Gasteiger partial charge on any atom is 0.164 e. The first-order valence-electron chi connectivity index (χ1n) is 20.0. The van der Waals surface area contributed by atoms with E-state index < -0.39 is 0 Å². The van der Waals surface area contributed by atoms with Crippen molar-refractivity contribution in [3.63, 3.8) is 0 Å². The van der Waals surface area contributed by atoms with Crippen molar-refractivity contribution in [3.8, 4) is 79.5 Å². The summed E-state index contributed by atoms with van der Waals surface area (Å²) in [7, 11) is 0. The van der Waals surface area contributed by atoms with E-state index in [0.29, 0.717) is 34.9 Å². The molecular weight excluding hydrogens is 733 g/mol. The summed E-state index contributed by atoms with van der Waals surface area (Å²) in [5.74, 6) is 3.66. The van der Waals surface area contributed by atoms with Crippen LogP contribution in [0.25, 0.3) is 112 Å². The van der Waals surface area contributed by atoms with Gasteiger partial charge in [-0.25, -0.2) is 29.9 Å². The Balaban J connectivity index is 1.18. The summed E-state index contributed by atoms with van der Waals surface area (Å²) in [5.41, 5.74) is 7.53. The highest BCUT2D eigenvalue weighted by atomic mass is 15.0. The number of hydrogen-bond donors (Lipinski definition) is 0. The minimum absolute atomic E-state index is 0.594. The van der Waals surface area contributed by atoms with Crippen LogP contribution < -0.4 is 0 Å². The molecule has 6 heteroatoms. The molecule has 0 spiro atoms. The van der Waals surface area contributed by atoms with Crippen LogP contribution in [0.15, 0.2) is 206 Å². The Bertz CT molecular complexity index is 3240. The Labute approximate surface area is 346 Å². The standard InChI is InChI=1S/C54H34N6/c1-5-18-35(19-6-1)49-55-50(36-20-7-2-8-21-36)58-53(57-49)40-27-17-26-39(32-40)46-33-41(34-47-44-30-14-13-28-42(44)43-29-15-16-31-45(43)48(46)47)54-59-51(37-22-9-3-10-23-37)56-52(60-54)38-24-11-4-12-25-38/h1-34H. The predicted octanol–water partition coefficient (Wildman–Crippen LogP) is 13.2. The molecule has 9 aromatic carbocycles. The van der Waals surface area contributed by atoms with Crippen LogP contribution in [0.2, 0.25) is 0 Å². The highest BCUT2D eigenvalue weighted by Gasteiger charge is 2.20. The second kappa shape index (κ2) is 14.9. The molecule has 0 saturated heterocycles. The van der Waals surface area contributed by atoms with E-state index in [-0.39, 0.29) is 0 Å². The zero-order chi connectivity index (χ0) is 39.8. The molecule has 11 aromatic rings. The Kier molecular flexibility index (Phi) is 8.71. The van der Waals surface area contributed by atoms with Crippen LogP contribution >= 0.6 is 0 Å². The molecular formula is C54H34N6. The normalized spacial score (nSPS) is 11.3. The molecule has 0 unspecified atom stereocenters. The molecule has 0 aliphatic rings. The summed E-state index contributed by atoms with van der Waals surface area (Å²) in [5, 5.41) is 6.97. The molecule has 280 valence electrons. The molecule has 11 rings (SSSR count). The largest absolute Gasteiger partial charge is 0.208 e. The van der Waals surface area contributed by atoms with E-state index >= 15 is 0 Å². The highest BCUT2D eigenvalue weighted by Crippen LogP contribution is 2.43. The average molecular weight is 767 g/mol. The van der Waals surface area contributed by atoms with Crippen LogP contribution in [0.4, 0.5) is 0 Å². The van der Waals surface area contributed by atoms with E-state index in [9.17, 15) is 0 Å². The van der Waals surface area contributed by atoms with Crippen LogP contribution in [0.5, 0.6) is 0 Å². The van der Waals surface area contributed by atoms with Crippen molar-refractivity contribution < 1.29 is 0 Å². The van der Waals surface area contributed by atoms with Gasteiger partial charge in [-0.1, -0.05) is 188 Å². The molecule has 0 aliphatic heterocycles. The van der Waals surface area contributed by atoms with Crippen molar-refractivity contribution in [2.45, 2.75) is 0 Å². The zero-order valence-corrected chi connectivity index (χ0v) is 32.3. The van der Waals surface area contributed by atoms with Crippen molar-refractivity contribution in [2.75, 3.05) is 0 Å². The molecule has 2 aromatic heterocycles. The SMILES string of the molecule is c1ccc(-c2nc(-c3ccccc3)nc(-c3cccc(-c4cc(-c5nc(-c6ccccc6)nc(-c6ccccc6)n5)cc5c6ccccc6c6ccccc6c45)c3)n2)cc1. The van der Waals surface area contributed by atoms with Gasteiger partial charge in [-0.2, -0.15) is 0 Å². The van der Waals surface area contributed by atoms with Gasteiger partial charge in [0.05, 0.1) is 0 Å². The second-order valence-electron chi connectivity index (χ2n) is 14.7. The molecule has 0 radical (unpaired) electrons. The van der Waals surface area contributed by atoms with Gasteiger partial charge in [0.2, 0.25) is 0 Å². The number of aromatic nitrogens is 6. The summed E-state index contributed by atoms with van der Waals surface area (Å²) < 4.78 is 0. The van der Waals surface area contributed by atoms with E-state index in [1.807, 2.05) is 121 Å². The van der Waals surface area contributed by atoms with E-state index in [1.165, 1.54) is 16.2 Å². The van der Waals surface area contributed by atoms with Crippen LogP contribution in [-0.4, -0.2) is 29.9 Å². The van der Waals surface area contributed by atoms with Crippen LogP contribution in [0.1, 0.15) is 0 Å². The summed E-state index contributed by atoms with van der Waals surface area (Å²) in [6, 6.07) is 70.7. The van der Waals surface area contributed by atoms with Gasteiger partial charge in [-0.15, -0.1) is 0 Å². The summed E-state index contributed by atoms with van der Waals surface area (Å²) in [6.45, 7) is 0. The maximum absolute atomic E-state index is 5.18. The van der Waals surface area contributed by atoms with Crippen LogP contribution in [0, 0.1) is 0 Å². The first kappa shape index (κ1) is 35.0. The molecule has 0 N–H and O–H groups in total. The number of rotatable bonds is 7. The monoisotopic (exact) mass is 766 g/mol. The van der Waals surface area contributed by atoms with Crippen molar-refractivity contribution in [3.05, 3.63) is 206 Å². The summed E-state index contributed by atoms with van der Waals surface area (Å²) in [6.07, 6.45) is 0. The fourth-order valence-electron chi connectivity index (χ4n) is 8.09. The van der Waals surface area contributed by atoms with Gasteiger partial charge in [0.25, 0.3) is 0 Å². The Morgan fingerprint density at radius 2 is 0.517 bits per heavy atom. The van der Waals surface area contributed by atoms with Gasteiger partial charge in [-0.05, 0) is 61.6 Å². The Morgan fingerprint density at radius 3 is 0.967 bits per heavy atom. The lowest BCUT2D eigenvalue weighted by Crippen LogP contribution is -2.01. The number of fused-ring (bicyclic) bond motifs is 6. The second-order valence-corrected chi connectivity index (χ2v) is 14.7. The molecule has 0 amide bonds. The number of hydrogen-bond acceptors (Lipinski definition) is 6. The molecule has 0 bridgehead atoms. The predicted molar refractivity (Wildman–Crippen MR) is 244 cm³/mol. The Morgan fingerprint density at radius 1 is 0.200 bits per heavy atom. The van der Waals surface area contributed by atoms with Crippen molar-refractivity contribution in [1.29, 1.82) is 0 Å². The number of nitrogens with zero attached hydrogens (tertiary/aromatic N) is 6. The summed E-state index contributed by atoms with van der Waals surface area (Å²) in [4.78, 5) is 30.5. The van der Waals surface area contributed by atoms with Gasteiger partial charge in [0.15, 0.2) is 34.9 Å². The summed E-state index contributed by atoms with van der Waals surface area (Å²) >= 11 is 0. The fraction of sp³-hybridized carbons (Fsp3) is 0.